The molecule has 2 N–H and O–H groups in total. The first-order valence-corrected chi connectivity index (χ1v) is 11.5. The van der Waals surface area contributed by atoms with Gasteiger partial charge in [0.1, 0.15) is 10.6 Å². The van der Waals surface area contributed by atoms with Crippen molar-refractivity contribution in [3.8, 4) is 5.75 Å². The first kappa shape index (κ1) is 21.4. The summed E-state index contributed by atoms with van der Waals surface area (Å²) in [6.45, 7) is 7.21. The van der Waals surface area contributed by atoms with Gasteiger partial charge in [0.2, 0.25) is 10.0 Å². The number of carbonyl (C=O) groups excluding carboxylic acids is 1. The number of sulfonamides is 1. The molecule has 1 aliphatic heterocycles. The van der Waals surface area contributed by atoms with Gasteiger partial charge >= 0.3 is 0 Å². The molecule has 2 aromatic rings. The normalized spacial score (nSPS) is 14.8. The van der Waals surface area contributed by atoms with Crippen LogP contribution in [0.3, 0.4) is 0 Å². The monoisotopic (exact) mass is 419 g/mol. The van der Waals surface area contributed by atoms with Crippen molar-refractivity contribution in [3.63, 3.8) is 0 Å². The Morgan fingerprint density at radius 3 is 2.52 bits per heavy atom. The van der Waals surface area contributed by atoms with Crippen LogP contribution in [0.4, 0.5) is 0 Å². The van der Waals surface area contributed by atoms with Gasteiger partial charge in [-0.05, 0) is 46.1 Å². The average Bonchev–Trinajstić information content (AvgIpc) is 3.02. The number of hydrogen-bond acceptors (Lipinski definition) is 4. The highest BCUT2D eigenvalue weighted by Crippen LogP contribution is 2.27. The van der Waals surface area contributed by atoms with E-state index in [0.29, 0.717) is 36.8 Å². The summed E-state index contributed by atoms with van der Waals surface area (Å²) >= 11 is 0. The van der Waals surface area contributed by atoms with Crippen molar-refractivity contribution in [2.45, 2.75) is 51.5 Å². The lowest BCUT2D eigenvalue weighted by molar-refractivity contribution is 0.0720. The maximum absolute atomic E-state index is 13.2. The molecular weight excluding hydrogens is 390 g/mol. The Morgan fingerprint density at radius 2 is 1.83 bits per heavy atom. The van der Waals surface area contributed by atoms with Crippen LogP contribution in [0.2, 0.25) is 0 Å². The van der Waals surface area contributed by atoms with E-state index in [-0.39, 0.29) is 22.9 Å². The van der Waals surface area contributed by atoms with E-state index in [1.807, 2.05) is 31.2 Å². The Labute approximate surface area is 172 Å². The Hall–Kier alpha value is -2.32. The third kappa shape index (κ3) is 4.64. The van der Waals surface area contributed by atoms with Crippen LogP contribution >= 0.6 is 0 Å². The van der Waals surface area contributed by atoms with Gasteiger partial charge in [-0.15, -0.1) is 0 Å². The van der Waals surface area contributed by atoms with Crippen LogP contribution in [0.5, 0.6) is 5.75 Å². The van der Waals surface area contributed by atoms with E-state index in [0.717, 1.165) is 24.8 Å². The average molecular weight is 420 g/mol. The van der Waals surface area contributed by atoms with Crippen LogP contribution in [0, 0.1) is 13.8 Å². The fraction of sp³-hybridized carbons (Fsp3) is 0.476. The zero-order valence-corrected chi connectivity index (χ0v) is 18.1. The highest BCUT2D eigenvalue weighted by molar-refractivity contribution is 7.89. The number of hydrogen-bond donors (Lipinski definition) is 2. The molecule has 1 amide bonds. The first-order chi connectivity index (χ1) is 13.8. The van der Waals surface area contributed by atoms with Crippen LogP contribution in [0.1, 0.15) is 53.5 Å². The fourth-order valence-electron chi connectivity index (χ4n) is 3.80. The molecule has 8 heteroatoms. The van der Waals surface area contributed by atoms with Crippen molar-refractivity contribution in [1.82, 2.24) is 14.6 Å². The molecule has 0 unspecified atom stereocenters. The quantitative estimate of drug-likeness (QED) is 0.721. The zero-order valence-electron chi connectivity index (χ0n) is 17.2. The second-order valence-electron chi connectivity index (χ2n) is 7.30. The molecular formula is C21H29N3O4S. The summed E-state index contributed by atoms with van der Waals surface area (Å²) in [5.74, 6) is 0.422. The van der Waals surface area contributed by atoms with Crippen LogP contribution in [-0.4, -0.2) is 43.9 Å². The van der Waals surface area contributed by atoms with Crippen LogP contribution in [0.15, 0.2) is 29.2 Å². The standard InChI is InChI=1S/C21H29N3O4S/c1-4-28-18-11-7-6-10-17(18)14-22-29(26,27)20-16(3)23-15(2)19(20)21(25)24-12-8-5-9-13-24/h6-7,10-11,22-23H,4-5,8-9,12-14H2,1-3H3. The molecule has 0 radical (unpaired) electrons. The third-order valence-corrected chi connectivity index (χ3v) is 6.74. The third-order valence-electron chi connectivity index (χ3n) is 5.17. The molecule has 1 saturated heterocycles. The lowest BCUT2D eigenvalue weighted by Gasteiger charge is -2.27. The number of nitrogens with one attached hydrogen (secondary N) is 2. The van der Waals surface area contributed by atoms with E-state index in [9.17, 15) is 13.2 Å². The van der Waals surface area contributed by atoms with Gasteiger partial charge in [0.05, 0.1) is 12.2 Å². The van der Waals surface area contributed by atoms with Gasteiger partial charge in [-0.1, -0.05) is 18.2 Å². The molecule has 0 bridgehead atoms. The summed E-state index contributed by atoms with van der Waals surface area (Å²) < 4.78 is 34.6. The summed E-state index contributed by atoms with van der Waals surface area (Å²) in [4.78, 5) is 17.9. The van der Waals surface area contributed by atoms with E-state index in [1.54, 1.807) is 18.7 Å². The summed E-state index contributed by atoms with van der Waals surface area (Å²) in [5, 5.41) is 0. The molecule has 1 fully saturated rings. The van der Waals surface area contributed by atoms with Crippen molar-refractivity contribution in [3.05, 3.63) is 46.8 Å². The topological polar surface area (TPSA) is 91.5 Å². The van der Waals surface area contributed by atoms with Crippen molar-refractivity contribution in [1.29, 1.82) is 0 Å². The molecule has 2 heterocycles. The number of carbonyl (C=O) groups is 1. The number of nitrogens with zero attached hydrogens (tertiary/aromatic N) is 1. The predicted octanol–water partition coefficient (Wildman–Crippen LogP) is 3.13. The molecule has 7 nitrogen and oxygen atoms in total. The van der Waals surface area contributed by atoms with Gasteiger partial charge < -0.3 is 14.6 Å². The molecule has 0 aliphatic carbocycles. The van der Waals surface area contributed by atoms with Gasteiger partial charge in [-0.25, -0.2) is 13.1 Å². The number of H-pyrrole nitrogens is 1. The maximum Gasteiger partial charge on any atom is 0.257 e. The van der Waals surface area contributed by atoms with Gasteiger partial charge in [0, 0.05) is 36.6 Å². The minimum absolute atomic E-state index is 0.0412. The van der Waals surface area contributed by atoms with E-state index >= 15 is 0 Å². The Bertz CT molecular complexity index is 976. The SMILES string of the molecule is CCOc1ccccc1CNS(=O)(=O)c1c(C)[nH]c(C)c1C(=O)N1CCCCC1. The highest BCUT2D eigenvalue weighted by atomic mass is 32.2. The van der Waals surface area contributed by atoms with Gasteiger partial charge in [0.15, 0.2) is 0 Å². The van der Waals surface area contributed by atoms with E-state index < -0.39 is 10.0 Å². The van der Waals surface area contributed by atoms with E-state index in [1.165, 1.54) is 0 Å². The summed E-state index contributed by atoms with van der Waals surface area (Å²) in [7, 11) is -3.90. The lowest BCUT2D eigenvalue weighted by Crippen LogP contribution is -2.37. The van der Waals surface area contributed by atoms with Crippen molar-refractivity contribution >= 4 is 15.9 Å². The van der Waals surface area contributed by atoms with Crippen LogP contribution in [0.25, 0.3) is 0 Å². The Morgan fingerprint density at radius 1 is 1.14 bits per heavy atom. The lowest BCUT2D eigenvalue weighted by atomic mass is 10.1. The number of aromatic nitrogens is 1. The number of amides is 1. The molecule has 29 heavy (non-hydrogen) atoms. The number of benzene rings is 1. The number of ether oxygens (including phenoxy) is 1. The molecule has 0 spiro atoms. The second kappa shape index (κ2) is 9.00. The number of aromatic amines is 1. The molecule has 158 valence electrons. The predicted molar refractivity (Wildman–Crippen MR) is 112 cm³/mol. The summed E-state index contributed by atoms with van der Waals surface area (Å²) in [6, 6.07) is 7.31. The number of rotatable bonds is 7. The Kier molecular flexibility index (Phi) is 6.64. The molecule has 0 saturated carbocycles. The minimum Gasteiger partial charge on any atom is -0.494 e. The molecule has 1 aliphatic rings. The summed E-state index contributed by atoms with van der Waals surface area (Å²) in [5.41, 5.74) is 2.03. The number of aryl methyl sites for hydroxylation is 2. The van der Waals surface area contributed by atoms with Crippen LogP contribution < -0.4 is 9.46 Å². The molecule has 1 aromatic heterocycles. The van der Waals surface area contributed by atoms with E-state index in [2.05, 4.69) is 9.71 Å². The minimum atomic E-state index is -3.90. The van der Waals surface area contributed by atoms with Crippen molar-refractivity contribution in [2.75, 3.05) is 19.7 Å². The number of para-hydroxylation sites is 1. The second-order valence-corrected chi connectivity index (χ2v) is 9.00. The zero-order chi connectivity index (χ0) is 21.0. The van der Waals surface area contributed by atoms with Crippen LogP contribution in [-0.2, 0) is 16.6 Å². The summed E-state index contributed by atoms with van der Waals surface area (Å²) in [6.07, 6.45) is 2.99. The largest absolute Gasteiger partial charge is 0.494 e. The van der Waals surface area contributed by atoms with Gasteiger partial charge in [-0.2, -0.15) is 0 Å². The van der Waals surface area contributed by atoms with Crippen molar-refractivity contribution < 1.29 is 17.9 Å². The van der Waals surface area contributed by atoms with Gasteiger partial charge in [0.25, 0.3) is 5.91 Å². The Balaban J connectivity index is 1.88. The highest BCUT2D eigenvalue weighted by Gasteiger charge is 2.31. The van der Waals surface area contributed by atoms with Crippen molar-refractivity contribution in [2.24, 2.45) is 0 Å². The molecule has 1 aromatic carbocycles. The molecule has 0 atom stereocenters. The van der Waals surface area contributed by atoms with Gasteiger partial charge in [-0.3, -0.25) is 4.79 Å². The molecule has 3 rings (SSSR count). The maximum atomic E-state index is 13.2. The fourth-order valence-corrected chi connectivity index (χ4v) is 5.25. The first-order valence-electron chi connectivity index (χ1n) is 10.0. The smallest absolute Gasteiger partial charge is 0.257 e. The van der Waals surface area contributed by atoms with E-state index in [4.69, 9.17) is 4.74 Å². The number of piperidine rings is 1. The number of likely N-dealkylation sites (tertiary alicyclic amines) is 1.